The van der Waals surface area contributed by atoms with E-state index in [1.807, 2.05) is 0 Å². The Morgan fingerprint density at radius 3 is 2.36 bits per heavy atom. The van der Waals surface area contributed by atoms with Gasteiger partial charge in [0.2, 0.25) is 0 Å². The first-order valence-corrected chi connectivity index (χ1v) is 8.88. The molecule has 0 amide bonds. The molecule has 1 N–H and O–H groups in total. The molecule has 0 fully saturated rings. The molecule has 0 aliphatic heterocycles. The minimum Gasteiger partial charge on any atom is -0.497 e. The average molecular weight is 385 g/mol. The third kappa shape index (κ3) is 4.55. The Morgan fingerprint density at radius 1 is 1.00 bits per heavy atom. The Balaban J connectivity index is 2.26. The van der Waals surface area contributed by atoms with E-state index < -0.39 is 10.0 Å². The summed E-state index contributed by atoms with van der Waals surface area (Å²) in [4.78, 5) is 2.01. The molecule has 0 atom stereocenters. The molecule has 0 radical (unpaired) electrons. The van der Waals surface area contributed by atoms with Gasteiger partial charge in [-0.3, -0.25) is 0 Å². The van der Waals surface area contributed by atoms with Gasteiger partial charge in [0.25, 0.3) is 10.0 Å². The molecule has 9 heteroatoms. The lowest BCUT2D eigenvalue weighted by molar-refractivity contribution is 0.394. The van der Waals surface area contributed by atoms with Gasteiger partial charge in [-0.1, -0.05) is 11.6 Å². The van der Waals surface area contributed by atoms with Gasteiger partial charge >= 0.3 is 0 Å². The first-order valence-electron chi connectivity index (χ1n) is 7.01. The van der Waals surface area contributed by atoms with Gasteiger partial charge in [0.05, 0.1) is 27.5 Å². The Morgan fingerprint density at radius 2 is 1.72 bits per heavy atom. The normalized spacial score (nSPS) is 11.4. The van der Waals surface area contributed by atoms with E-state index in [1.165, 1.54) is 45.7 Å². The topological polar surface area (TPSA) is 86.2 Å². The molecule has 0 aliphatic rings. The zero-order chi connectivity index (χ0) is 18.4. The van der Waals surface area contributed by atoms with Crippen molar-refractivity contribution in [1.29, 1.82) is 0 Å². The van der Waals surface area contributed by atoms with E-state index in [9.17, 15) is 8.42 Å². The molecular weight excluding hydrogens is 368 g/mol. The lowest BCUT2D eigenvalue weighted by Crippen LogP contribution is -2.19. The molecule has 0 spiro atoms. The zero-order valence-electron chi connectivity index (χ0n) is 13.8. The maximum absolute atomic E-state index is 12.4. The standard InChI is InChI=1S/C16H17ClN2O5S/c1-22-13-6-4-11(15(9-13)24-3)10-18-19-25(20,21)16-8-12(17)5-7-14(16)23-2/h4-10,19H,1-3H3/b18-10+. The fourth-order valence-electron chi connectivity index (χ4n) is 2.00. The van der Waals surface area contributed by atoms with Crippen molar-refractivity contribution in [2.45, 2.75) is 4.90 Å². The quantitative estimate of drug-likeness (QED) is 0.586. The van der Waals surface area contributed by atoms with E-state index in [2.05, 4.69) is 9.93 Å². The van der Waals surface area contributed by atoms with E-state index in [4.69, 9.17) is 25.8 Å². The van der Waals surface area contributed by atoms with Gasteiger partial charge in [0.15, 0.2) is 0 Å². The number of halogens is 1. The molecule has 0 saturated heterocycles. The van der Waals surface area contributed by atoms with Crippen LogP contribution in [-0.2, 0) is 10.0 Å². The second-order valence-electron chi connectivity index (χ2n) is 4.76. The van der Waals surface area contributed by atoms with Crippen molar-refractivity contribution in [3.05, 3.63) is 47.0 Å². The number of ether oxygens (including phenoxy) is 3. The van der Waals surface area contributed by atoms with Gasteiger partial charge in [-0.2, -0.15) is 18.4 Å². The maximum atomic E-state index is 12.4. The average Bonchev–Trinajstić information content (AvgIpc) is 2.61. The number of rotatable bonds is 7. The first kappa shape index (κ1) is 18.9. The fourth-order valence-corrected chi connectivity index (χ4v) is 3.23. The minimum atomic E-state index is -3.95. The van der Waals surface area contributed by atoms with Crippen molar-refractivity contribution in [1.82, 2.24) is 4.83 Å². The van der Waals surface area contributed by atoms with Crippen LogP contribution in [0.1, 0.15) is 5.56 Å². The van der Waals surface area contributed by atoms with Crippen LogP contribution in [0.15, 0.2) is 46.4 Å². The number of hydrogen-bond acceptors (Lipinski definition) is 6. The van der Waals surface area contributed by atoms with Crippen molar-refractivity contribution < 1.29 is 22.6 Å². The molecule has 2 rings (SSSR count). The van der Waals surface area contributed by atoms with Gasteiger partial charge in [-0.05, 0) is 30.3 Å². The highest BCUT2D eigenvalue weighted by Gasteiger charge is 2.19. The van der Waals surface area contributed by atoms with Gasteiger partial charge in [0, 0.05) is 16.7 Å². The highest BCUT2D eigenvalue weighted by molar-refractivity contribution is 7.89. The van der Waals surface area contributed by atoms with Crippen LogP contribution in [0, 0.1) is 0 Å². The molecule has 0 heterocycles. The summed E-state index contributed by atoms with van der Waals surface area (Å²) in [5.74, 6) is 1.26. The molecule has 0 bridgehead atoms. The largest absolute Gasteiger partial charge is 0.497 e. The summed E-state index contributed by atoms with van der Waals surface area (Å²) in [7, 11) is 0.448. The third-order valence-corrected chi connectivity index (χ3v) is 4.71. The van der Waals surface area contributed by atoms with Crippen LogP contribution in [0.5, 0.6) is 17.2 Å². The lowest BCUT2D eigenvalue weighted by atomic mass is 10.2. The molecule has 0 aliphatic carbocycles. The van der Waals surface area contributed by atoms with E-state index in [0.717, 1.165) is 0 Å². The Labute approximate surface area is 151 Å². The monoisotopic (exact) mass is 384 g/mol. The Kier molecular flexibility index (Phi) is 6.11. The van der Waals surface area contributed by atoms with E-state index in [-0.39, 0.29) is 15.7 Å². The molecule has 2 aromatic rings. The summed E-state index contributed by atoms with van der Waals surface area (Å²) in [6, 6.07) is 9.34. The SMILES string of the molecule is COc1ccc(/C=N/NS(=O)(=O)c2cc(Cl)ccc2OC)c(OC)c1. The van der Waals surface area contributed by atoms with Gasteiger partial charge < -0.3 is 14.2 Å². The lowest BCUT2D eigenvalue weighted by Gasteiger charge is -2.09. The molecular formula is C16H17ClN2O5S. The zero-order valence-corrected chi connectivity index (χ0v) is 15.4. The van der Waals surface area contributed by atoms with Gasteiger partial charge in [-0.15, -0.1) is 0 Å². The van der Waals surface area contributed by atoms with Crippen molar-refractivity contribution in [2.24, 2.45) is 5.10 Å². The highest BCUT2D eigenvalue weighted by atomic mass is 35.5. The van der Waals surface area contributed by atoms with Crippen molar-refractivity contribution in [2.75, 3.05) is 21.3 Å². The van der Waals surface area contributed by atoms with Crippen molar-refractivity contribution in [3.8, 4) is 17.2 Å². The van der Waals surface area contributed by atoms with Crippen LogP contribution in [0.4, 0.5) is 0 Å². The second kappa shape index (κ2) is 8.09. The molecule has 134 valence electrons. The van der Waals surface area contributed by atoms with Gasteiger partial charge in [-0.25, -0.2) is 0 Å². The third-order valence-electron chi connectivity index (χ3n) is 3.23. The number of nitrogens with one attached hydrogen (secondary N) is 1. The molecule has 2 aromatic carbocycles. The summed E-state index contributed by atoms with van der Waals surface area (Å²) in [5, 5.41) is 4.04. The number of nitrogens with zero attached hydrogens (tertiary/aromatic N) is 1. The predicted molar refractivity (Wildman–Crippen MR) is 95.5 cm³/mol. The summed E-state index contributed by atoms with van der Waals surface area (Å²) in [6.45, 7) is 0. The molecule has 0 aromatic heterocycles. The van der Waals surface area contributed by atoms with Crippen LogP contribution >= 0.6 is 11.6 Å². The number of hydrazone groups is 1. The van der Waals surface area contributed by atoms with Crippen LogP contribution in [0.25, 0.3) is 0 Å². The molecule has 0 unspecified atom stereocenters. The van der Waals surface area contributed by atoms with E-state index >= 15 is 0 Å². The van der Waals surface area contributed by atoms with Crippen molar-refractivity contribution >= 4 is 27.8 Å². The maximum Gasteiger partial charge on any atom is 0.280 e. The van der Waals surface area contributed by atoms with Crippen LogP contribution in [-0.4, -0.2) is 36.0 Å². The van der Waals surface area contributed by atoms with E-state index in [1.54, 1.807) is 18.2 Å². The van der Waals surface area contributed by atoms with E-state index in [0.29, 0.717) is 17.1 Å². The van der Waals surface area contributed by atoms with Crippen LogP contribution < -0.4 is 19.0 Å². The number of hydrogen-bond donors (Lipinski definition) is 1. The van der Waals surface area contributed by atoms with Crippen molar-refractivity contribution in [3.63, 3.8) is 0 Å². The second-order valence-corrected chi connectivity index (χ2v) is 6.82. The highest BCUT2D eigenvalue weighted by Crippen LogP contribution is 2.27. The molecule has 7 nitrogen and oxygen atoms in total. The predicted octanol–water partition coefficient (Wildman–Crippen LogP) is 2.68. The molecule has 25 heavy (non-hydrogen) atoms. The summed E-state index contributed by atoms with van der Waals surface area (Å²) in [6.07, 6.45) is 1.33. The Hall–Kier alpha value is -2.45. The minimum absolute atomic E-state index is 0.110. The number of benzene rings is 2. The first-order chi connectivity index (χ1) is 11.9. The summed E-state index contributed by atoms with van der Waals surface area (Å²) in [5.41, 5.74) is 0.573. The number of methoxy groups -OCH3 is 3. The van der Waals surface area contributed by atoms with Crippen LogP contribution in [0.3, 0.4) is 0 Å². The van der Waals surface area contributed by atoms with Gasteiger partial charge in [0.1, 0.15) is 22.1 Å². The smallest absolute Gasteiger partial charge is 0.280 e. The summed E-state index contributed by atoms with van der Waals surface area (Å²) < 4.78 is 40.2. The summed E-state index contributed by atoms with van der Waals surface area (Å²) >= 11 is 5.86. The fraction of sp³-hybridized carbons (Fsp3) is 0.188. The van der Waals surface area contributed by atoms with Crippen LogP contribution in [0.2, 0.25) is 5.02 Å². The number of sulfonamides is 1. The molecule has 0 saturated carbocycles. The Bertz CT molecular complexity index is 884.